The highest BCUT2D eigenvalue weighted by molar-refractivity contribution is 7.98. The summed E-state index contributed by atoms with van der Waals surface area (Å²) in [4.78, 5) is 2.75. The molecule has 0 spiro atoms. The molecule has 0 radical (unpaired) electrons. The molecule has 0 amide bonds. The van der Waals surface area contributed by atoms with E-state index in [1.807, 2.05) is 36.0 Å². The summed E-state index contributed by atoms with van der Waals surface area (Å²) >= 11 is 6.78. The Morgan fingerprint density at radius 3 is 2.58 bits per heavy atom. The summed E-state index contributed by atoms with van der Waals surface area (Å²) in [5.41, 5.74) is 6.42. The summed E-state index contributed by atoms with van der Waals surface area (Å²) < 4.78 is 5.68. The first-order chi connectivity index (χ1) is 9.13. The third-order valence-corrected chi connectivity index (χ3v) is 3.60. The minimum absolute atomic E-state index is 0.418. The largest absolute Gasteiger partial charge is 0.494 e. The van der Waals surface area contributed by atoms with Gasteiger partial charge in [-0.15, -0.1) is 0 Å². The first-order valence-electron chi connectivity index (χ1n) is 6.33. The molecule has 1 rings (SSSR count). The number of hydrogen-bond acceptors (Lipinski definition) is 4. The molecule has 2 N–H and O–H groups in total. The Hall–Kier alpha value is -0.780. The van der Waals surface area contributed by atoms with E-state index in [9.17, 15) is 0 Å². The Kier molecular flexibility index (Phi) is 7.86. The van der Waals surface area contributed by atoms with Crippen molar-refractivity contribution in [1.29, 1.82) is 0 Å². The van der Waals surface area contributed by atoms with Gasteiger partial charge in [0, 0.05) is 24.4 Å². The molecule has 0 bridgehead atoms. The van der Waals surface area contributed by atoms with Gasteiger partial charge in [0.1, 0.15) is 10.7 Å². The van der Waals surface area contributed by atoms with Crippen LogP contribution in [0, 0.1) is 0 Å². The monoisotopic (exact) mass is 298 g/mol. The molecule has 5 heteroatoms. The van der Waals surface area contributed by atoms with Crippen LogP contribution in [0.3, 0.4) is 0 Å². The van der Waals surface area contributed by atoms with Crippen LogP contribution in [-0.2, 0) is 0 Å². The highest BCUT2D eigenvalue weighted by atomic mass is 32.2. The van der Waals surface area contributed by atoms with Gasteiger partial charge in [-0.05, 0) is 44.0 Å². The topological polar surface area (TPSA) is 38.5 Å². The molecule has 3 nitrogen and oxygen atoms in total. The minimum atomic E-state index is 0.418. The van der Waals surface area contributed by atoms with Crippen LogP contribution >= 0.6 is 24.0 Å². The maximum atomic E-state index is 5.68. The summed E-state index contributed by atoms with van der Waals surface area (Å²) in [5.74, 6) is 2.05. The summed E-state index contributed by atoms with van der Waals surface area (Å²) in [6.07, 6.45) is 3.16. The molecule has 0 aliphatic rings. The fourth-order valence-corrected chi connectivity index (χ4v) is 2.23. The van der Waals surface area contributed by atoms with Gasteiger partial charge >= 0.3 is 0 Å². The molecule has 0 atom stereocenters. The number of ether oxygens (including phenoxy) is 1. The van der Waals surface area contributed by atoms with E-state index in [1.165, 1.54) is 5.75 Å². The highest BCUT2D eigenvalue weighted by Crippen LogP contribution is 2.12. The second kappa shape index (κ2) is 9.18. The van der Waals surface area contributed by atoms with E-state index in [2.05, 4.69) is 18.2 Å². The molecule has 0 aliphatic carbocycles. The third kappa shape index (κ3) is 6.80. The van der Waals surface area contributed by atoms with Crippen molar-refractivity contribution in [1.82, 2.24) is 4.90 Å². The fraction of sp³-hybridized carbons (Fsp3) is 0.500. The van der Waals surface area contributed by atoms with Crippen molar-refractivity contribution in [3.63, 3.8) is 0 Å². The summed E-state index contributed by atoms with van der Waals surface area (Å²) in [7, 11) is 2.15. The number of thioether (sulfide) groups is 1. The number of rotatable bonds is 9. The van der Waals surface area contributed by atoms with Gasteiger partial charge in [0.05, 0.1) is 6.61 Å². The van der Waals surface area contributed by atoms with Crippen molar-refractivity contribution in [3.8, 4) is 5.75 Å². The molecule has 19 heavy (non-hydrogen) atoms. The molecule has 1 aromatic rings. The lowest BCUT2D eigenvalue weighted by atomic mass is 10.2. The fourth-order valence-electron chi connectivity index (χ4n) is 1.60. The summed E-state index contributed by atoms with van der Waals surface area (Å²) in [5, 5.41) is 0. The standard InChI is InChI=1S/C14H22N2OS2/c1-16(9-11-19-2)8-3-10-17-13-6-4-12(5-7-13)14(15)18/h4-7H,3,8-11H2,1-2H3,(H2,15,18). The second-order valence-electron chi connectivity index (χ2n) is 4.39. The molecule has 0 saturated carbocycles. The Balaban J connectivity index is 2.20. The Labute approximate surface area is 125 Å². The molecule has 0 heterocycles. The number of nitrogens with zero attached hydrogens (tertiary/aromatic N) is 1. The smallest absolute Gasteiger partial charge is 0.119 e. The SMILES string of the molecule is CSCCN(C)CCCOc1ccc(C(N)=S)cc1. The zero-order valence-corrected chi connectivity index (χ0v) is 13.2. The normalized spacial score (nSPS) is 10.7. The highest BCUT2D eigenvalue weighted by Gasteiger charge is 2.00. The molecule has 0 saturated heterocycles. The van der Waals surface area contributed by atoms with Gasteiger partial charge in [-0.1, -0.05) is 12.2 Å². The van der Waals surface area contributed by atoms with E-state index in [-0.39, 0.29) is 0 Å². The minimum Gasteiger partial charge on any atom is -0.494 e. The van der Waals surface area contributed by atoms with Crippen LogP contribution in [0.1, 0.15) is 12.0 Å². The first-order valence-corrected chi connectivity index (χ1v) is 8.14. The van der Waals surface area contributed by atoms with Gasteiger partial charge in [-0.3, -0.25) is 0 Å². The quantitative estimate of drug-likeness (QED) is 0.560. The van der Waals surface area contributed by atoms with Crippen LogP contribution < -0.4 is 10.5 Å². The predicted molar refractivity (Wildman–Crippen MR) is 88.3 cm³/mol. The van der Waals surface area contributed by atoms with E-state index in [0.717, 1.165) is 37.4 Å². The molecule has 106 valence electrons. The Morgan fingerprint density at radius 1 is 1.32 bits per heavy atom. The zero-order valence-electron chi connectivity index (χ0n) is 11.6. The van der Waals surface area contributed by atoms with Crippen LogP contribution in [0.25, 0.3) is 0 Å². The summed E-state index contributed by atoms with van der Waals surface area (Å²) in [6, 6.07) is 7.60. The van der Waals surface area contributed by atoms with Crippen molar-refractivity contribution in [2.75, 3.05) is 38.8 Å². The van der Waals surface area contributed by atoms with Gasteiger partial charge in [-0.25, -0.2) is 0 Å². The van der Waals surface area contributed by atoms with Crippen molar-refractivity contribution >= 4 is 29.0 Å². The molecule has 1 aromatic carbocycles. The van der Waals surface area contributed by atoms with Crippen LogP contribution in [0.15, 0.2) is 24.3 Å². The second-order valence-corrected chi connectivity index (χ2v) is 5.81. The van der Waals surface area contributed by atoms with Crippen LogP contribution in [0.4, 0.5) is 0 Å². The van der Waals surface area contributed by atoms with Gasteiger partial charge in [-0.2, -0.15) is 11.8 Å². The molecule has 0 aliphatic heterocycles. The van der Waals surface area contributed by atoms with Gasteiger partial charge in [0.2, 0.25) is 0 Å². The molecule has 0 aromatic heterocycles. The lowest BCUT2D eigenvalue weighted by Gasteiger charge is -2.15. The summed E-state index contributed by atoms with van der Waals surface area (Å²) in [6.45, 7) is 2.92. The first kappa shape index (κ1) is 16.3. The zero-order chi connectivity index (χ0) is 14.1. The molecule has 0 fully saturated rings. The van der Waals surface area contributed by atoms with Crippen molar-refractivity contribution in [2.24, 2.45) is 5.73 Å². The Bertz CT molecular complexity index is 382. The number of nitrogens with two attached hydrogens (primary N) is 1. The van der Waals surface area contributed by atoms with E-state index in [0.29, 0.717) is 4.99 Å². The average Bonchev–Trinajstić information content (AvgIpc) is 2.41. The molecular formula is C14H22N2OS2. The lowest BCUT2D eigenvalue weighted by Crippen LogP contribution is -2.23. The van der Waals surface area contributed by atoms with Crippen LogP contribution in [0.5, 0.6) is 5.75 Å². The van der Waals surface area contributed by atoms with E-state index >= 15 is 0 Å². The van der Waals surface area contributed by atoms with E-state index < -0.39 is 0 Å². The van der Waals surface area contributed by atoms with E-state index in [1.54, 1.807) is 0 Å². The Morgan fingerprint density at radius 2 is 2.00 bits per heavy atom. The number of benzene rings is 1. The van der Waals surface area contributed by atoms with Crippen molar-refractivity contribution < 1.29 is 4.74 Å². The van der Waals surface area contributed by atoms with Gasteiger partial charge in [0.25, 0.3) is 0 Å². The number of hydrogen-bond donors (Lipinski definition) is 1. The maximum absolute atomic E-state index is 5.68. The lowest BCUT2D eigenvalue weighted by molar-refractivity contribution is 0.269. The predicted octanol–water partition coefficient (Wildman–Crippen LogP) is 2.38. The van der Waals surface area contributed by atoms with Gasteiger partial charge in [0.15, 0.2) is 0 Å². The van der Waals surface area contributed by atoms with Crippen molar-refractivity contribution in [2.45, 2.75) is 6.42 Å². The maximum Gasteiger partial charge on any atom is 0.119 e. The molecule has 0 unspecified atom stereocenters. The van der Waals surface area contributed by atoms with Crippen molar-refractivity contribution in [3.05, 3.63) is 29.8 Å². The van der Waals surface area contributed by atoms with Crippen LogP contribution in [0.2, 0.25) is 0 Å². The van der Waals surface area contributed by atoms with E-state index in [4.69, 9.17) is 22.7 Å². The third-order valence-electron chi connectivity index (χ3n) is 2.77. The van der Waals surface area contributed by atoms with Crippen LogP contribution in [-0.4, -0.2) is 48.6 Å². The van der Waals surface area contributed by atoms with Gasteiger partial charge < -0.3 is 15.4 Å². The number of thiocarbonyl (C=S) groups is 1. The average molecular weight is 298 g/mol. The molecular weight excluding hydrogens is 276 g/mol.